The molecule has 0 aliphatic rings. The summed E-state index contributed by atoms with van der Waals surface area (Å²) in [5, 5.41) is 0. The second-order valence-corrected chi connectivity index (χ2v) is 4.72. The van der Waals surface area contributed by atoms with Gasteiger partial charge in [0.05, 0.1) is 18.6 Å². The van der Waals surface area contributed by atoms with Crippen LogP contribution in [0.25, 0.3) is 0 Å². The van der Waals surface area contributed by atoms with Crippen molar-refractivity contribution >= 4 is 21.3 Å². The zero-order chi connectivity index (χ0) is 9.12. The molecule has 0 aromatic carbocycles. The van der Waals surface area contributed by atoms with E-state index in [2.05, 4.69) is 4.18 Å². The van der Waals surface area contributed by atoms with Crippen LogP contribution in [0.3, 0.4) is 0 Å². The summed E-state index contributed by atoms with van der Waals surface area (Å²) in [6, 6.07) is 0. The summed E-state index contributed by atoms with van der Waals surface area (Å²) >= 11 is -0.0499. The molecular weight excluding hydrogens is 196 g/mol. The monoisotopic (exact) mass is 206 g/mol. The average molecular weight is 206 g/mol. The van der Waals surface area contributed by atoms with Gasteiger partial charge in [-0.15, -0.1) is 0 Å². The minimum absolute atomic E-state index is 0.0499. The van der Waals surface area contributed by atoms with Gasteiger partial charge in [0.25, 0.3) is 0 Å². The van der Waals surface area contributed by atoms with Crippen LogP contribution >= 0.6 is 21.3 Å². The van der Waals surface area contributed by atoms with E-state index in [0.717, 1.165) is 0 Å². The molecule has 0 saturated carbocycles. The Kier molecular flexibility index (Phi) is 4.16. The molecule has 68 valence electrons. The third-order valence-electron chi connectivity index (χ3n) is 0.572. The molecule has 0 N–H and O–H groups in total. The highest BCUT2D eigenvalue weighted by molar-refractivity contribution is 7.99. The highest BCUT2D eigenvalue weighted by atomic mass is 32.2. The second-order valence-electron chi connectivity index (χ2n) is 2.63. The van der Waals surface area contributed by atoms with Gasteiger partial charge in [-0.3, -0.25) is 0 Å². The van der Waals surface area contributed by atoms with Crippen molar-refractivity contribution in [2.24, 2.45) is 0 Å². The summed E-state index contributed by atoms with van der Waals surface area (Å²) in [6.07, 6.45) is 0. The minimum Gasteiger partial charge on any atom is -0.306 e. The fourth-order valence-electron chi connectivity index (χ4n) is 0.248. The van der Waals surface area contributed by atoms with Crippen molar-refractivity contribution in [3.8, 4) is 0 Å². The van der Waals surface area contributed by atoms with Crippen molar-refractivity contribution in [1.82, 2.24) is 0 Å². The van der Waals surface area contributed by atoms with E-state index in [1.54, 1.807) is 0 Å². The molecule has 0 aromatic rings. The van der Waals surface area contributed by atoms with Crippen molar-refractivity contribution in [3.05, 3.63) is 0 Å². The highest BCUT2D eigenvalue weighted by Gasteiger charge is 2.25. The predicted molar refractivity (Wildman–Crippen MR) is 43.4 cm³/mol. The Morgan fingerprint density at radius 1 is 1.36 bits per heavy atom. The SMILES string of the molecule is CC(C)(F)COSC(F)(F)P. The van der Waals surface area contributed by atoms with Crippen molar-refractivity contribution in [3.63, 3.8) is 0 Å². The molecular formula is C5H10F3OPS. The highest BCUT2D eigenvalue weighted by Crippen LogP contribution is 2.36. The molecule has 0 amide bonds. The van der Waals surface area contributed by atoms with Crippen LogP contribution in [0.1, 0.15) is 13.8 Å². The van der Waals surface area contributed by atoms with E-state index in [4.69, 9.17) is 0 Å². The first-order valence-electron chi connectivity index (χ1n) is 2.87. The molecule has 0 spiro atoms. The standard InChI is InChI=1S/C5H10F3OPS/c1-4(2,6)3-9-11-5(7,8)10/h3,10H2,1-2H3. The van der Waals surface area contributed by atoms with Gasteiger partial charge in [-0.1, -0.05) is 0 Å². The first kappa shape index (κ1) is 11.5. The Morgan fingerprint density at radius 2 is 1.82 bits per heavy atom. The zero-order valence-corrected chi connectivity index (χ0v) is 8.21. The van der Waals surface area contributed by atoms with Crippen LogP contribution in [-0.2, 0) is 4.18 Å². The maximum absolute atomic E-state index is 12.6. The Morgan fingerprint density at radius 3 is 2.09 bits per heavy atom. The fourth-order valence-corrected chi connectivity index (χ4v) is 0.949. The topological polar surface area (TPSA) is 9.23 Å². The van der Waals surface area contributed by atoms with Crippen molar-refractivity contribution < 1.29 is 17.4 Å². The van der Waals surface area contributed by atoms with Gasteiger partial charge in [0.1, 0.15) is 5.67 Å². The average Bonchev–Trinajstić information content (AvgIpc) is 1.55. The van der Waals surface area contributed by atoms with Crippen LogP contribution in [-0.4, -0.2) is 17.3 Å². The molecule has 6 heteroatoms. The predicted octanol–water partition coefficient (Wildman–Crippen LogP) is 2.82. The van der Waals surface area contributed by atoms with Crippen molar-refractivity contribution in [1.29, 1.82) is 0 Å². The molecule has 0 bridgehead atoms. The Bertz CT molecular complexity index is 106. The normalized spacial score (nSPS) is 13.6. The summed E-state index contributed by atoms with van der Waals surface area (Å²) in [5.74, 6) is 0. The largest absolute Gasteiger partial charge is 0.328 e. The number of halogens is 3. The molecule has 0 rings (SSSR count). The van der Waals surface area contributed by atoms with E-state index in [1.165, 1.54) is 23.1 Å². The lowest BCUT2D eigenvalue weighted by Crippen LogP contribution is -2.19. The quantitative estimate of drug-likeness (QED) is 0.516. The van der Waals surface area contributed by atoms with Gasteiger partial charge >= 0.3 is 5.00 Å². The maximum Gasteiger partial charge on any atom is 0.328 e. The van der Waals surface area contributed by atoms with Gasteiger partial charge < -0.3 is 4.18 Å². The molecule has 0 heterocycles. The molecule has 0 aromatic heterocycles. The molecule has 0 aliphatic carbocycles. The zero-order valence-electron chi connectivity index (χ0n) is 6.23. The molecule has 1 unspecified atom stereocenters. The maximum atomic E-state index is 12.6. The Balaban J connectivity index is 3.44. The minimum atomic E-state index is -3.04. The summed E-state index contributed by atoms with van der Waals surface area (Å²) < 4.78 is 40.9. The molecule has 1 atom stereocenters. The Labute approximate surface area is 70.5 Å². The summed E-state index contributed by atoms with van der Waals surface area (Å²) in [7, 11) is 1.29. The van der Waals surface area contributed by atoms with E-state index < -0.39 is 10.7 Å². The van der Waals surface area contributed by atoms with Gasteiger partial charge in [-0.05, 0) is 23.1 Å². The lowest BCUT2D eigenvalue weighted by Gasteiger charge is -2.14. The molecule has 0 saturated heterocycles. The van der Waals surface area contributed by atoms with E-state index in [9.17, 15) is 13.2 Å². The van der Waals surface area contributed by atoms with Gasteiger partial charge in [0, 0.05) is 0 Å². The lowest BCUT2D eigenvalue weighted by atomic mass is 10.2. The Hall–Kier alpha value is 0.530. The summed E-state index contributed by atoms with van der Waals surface area (Å²) in [4.78, 5) is -3.04. The van der Waals surface area contributed by atoms with Crippen LogP contribution in [0.4, 0.5) is 13.2 Å². The van der Waals surface area contributed by atoms with Crippen LogP contribution in [0.15, 0.2) is 0 Å². The number of rotatable bonds is 4. The molecule has 0 aliphatic heterocycles. The number of alkyl halides is 3. The second kappa shape index (κ2) is 3.97. The third kappa shape index (κ3) is 10.5. The summed E-state index contributed by atoms with van der Waals surface area (Å²) in [5.41, 5.74) is -1.57. The third-order valence-corrected chi connectivity index (χ3v) is 1.32. The van der Waals surface area contributed by atoms with Crippen molar-refractivity contribution in [2.75, 3.05) is 6.61 Å². The molecule has 0 radical (unpaired) electrons. The first-order valence-corrected chi connectivity index (χ1v) is 4.19. The van der Waals surface area contributed by atoms with Gasteiger partial charge in [0.15, 0.2) is 0 Å². The molecule has 0 fully saturated rings. The molecule has 11 heavy (non-hydrogen) atoms. The number of hydrogen-bond acceptors (Lipinski definition) is 2. The lowest BCUT2D eigenvalue weighted by molar-refractivity contribution is 0.124. The number of hydrogen-bond donors (Lipinski definition) is 0. The van der Waals surface area contributed by atoms with Gasteiger partial charge in [-0.2, -0.15) is 8.78 Å². The van der Waals surface area contributed by atoms with Crippen molar-refractivity contribution in [2.45, 2.75) is 24.5 Å². The van der Waals surface area contributed by atoms with Crippen LogP contribution in [0, 0.1) is 0 Å². The first-order chi connectivity index (χ1) is 4.71. The van der Waals surface area contributed by atoms with Crippen LogP contribution in [0.2, 0.25) is 0 Å². The van der Waals surface area contributed by atoms with Crippen LogP contribution < -0.4 is 0 Å². The van der Waals surface area contributed by atoms with E-state index >= 15 is 0 Å². The fraction of sp³-hybridized carbons (Fsp3) is 1.00. The van der Waals surface area contributed by atoms with E-state index in [1.807, 2.05) is 0 Å². The van der Waals surface area contributed by atoms with E-state index in [-0.39, 0.29) is 18.6 Å². The summed E-state index contributed by atoms with van der Waals surface area (Å²) in [6.45, 7) is 2.17. The van der Waals surface area contributed by atoms with Gasteiger partial charge in [-0.25, -0.2) is 4.39 Å². The smallest absolute Gasteiger partial charge is 0.306 e. The van der Waals surface area contributed by atoms with Gasteiger partial charge in [0.2, 0.25) is 0 Å². The molecule has 1 nitrogen and oxygen atoms in total. The van der Waals surface area contributed by atoms with E-state index in [0.29, 0.717) is 0 Å². The van der Waals surface area contributed by atoms with Crippen LogP contribution in [0.5, 0.6) is 0 Å².